The molecule has 0 N–H and O–H groups in total. The van der Waals surface area contributed by atoms with Crippen LogP contribution in [0.5, 0.6) is 0 Å². The third kappa shape index (κ3) is 7.40. The fraction of sp³-hybridized carbons (Fsp3) is 0.524. The van der Waals surface area contributed by atoms with Gasteiger partial charge in [-0.15, -0.1) is 0 Å². The lowest BCUT2D eigenvalue weighted by Crippen LogP contribution is -2.13. The molecule has 23 heavy (non-hydrogen) atoms. The summed E-state index contributed by atoms with van der Waals surface area (Å²) in [5.41, 5.74) is 2.09. The predicted octanol–water partition coefficient (Wildman–Crippen LogP) is 5.65. The normalized spacial score (nSPS) is 15.0. The zero-order valence-electron chi connectivity index (χ0n) is 14.7. The molecule has 0 aliphatic heterocycles. The first-order valence-electron chi connectivity index (χ1n) is 8.89. The van der Waals surface area contributed by atoms with Crippen molar-refractivity contribution in [3.63, 3.8) is 0 Å². The molecule has 0 aromatic carbocycles. The smallest absolute Gasteiger partial charge is 0.186 e. The molecule has 1 aliphatic rings. The number of unbranched alkanes of at least 4 members (excludes halogenated alkanes) is 7. The molecule has 1 aliphatic carbocycles. The van der Waals surface area contributed by atoms with E-state index in [1.807, 2.05) is 6.92 Å². The van der Waals surface area contributed by atoms with Crippen LogP contribution in [0.25, 0.3) is 0 Å². The summed E-state index contributed by atoms with van der Waals surface area (Å²) < 4.78 is 0. The first-order chi connectivity index (χ1) is 11.1. The molecular weight excluding hydrogens is 284 g/mol. The molecule has 1 rings (SSSR count). The van der Waals surface area contributed by atoms with Gasteiger partial charge in [0, 0.05) is 11.1 Å². The molecule has 0 heterocycles. The van der Waals surface area contributed by atoms with Crippen molar-refractivity contribution in [3.05, 3.63) is 47.6 Å². The molecule has 0 fully saturated rings. The van der Waals surface area contributed by atoms with Gasteiger partial charge in [-0.05, 0) is 31.9 Å². The fourth-order valence-corrected chi connectivity index (χ4v) is 2.73. The maximum atomic E-state index is 12.1. The van der Waals surface area contributed by atoms with Crippen LogP contribution in [-0.2, 0) is 9.59 Å². The maximum Gasteiger partial charge on any atom is 0.186 e. The number of hydrogen-bond acceptors (Lipinski definition) is 2. The molecular formula is C21H30O2. The lowest BCUT2D eigenvalue weighted by molar-refractivity contribution is -0.115. The van der Waals surface area contributed by atoms with E-state index in [1.54, 1.807) is 12.2 Å². The van der Waals surface area contributed by atoms with Gasteiger partial charge in [0.25, 0.3) is 0 Å². The average molecular weight is 314 g/mol. The second kappa shape index (κ2) is 10.9. The molecule has 0 saturated carbocycles. The predicted molar refractivity (Wildman–Crippen MR) is 97.4 cm³/mol. The highest BCUT2D eigenvalue weighted by molar-refractivity contribution is 6.21. The molecule has 0 spiro atoms. The van der Waals surface area contributed by atoms with E-state index in [2.05, 4.69) is 13.5 Å². The SMILES string of the molecule is C=C(C)C=CC1=C(CCCCCCCCCC)C(=O)C=CC1=O. The average Bonchev–Trinajstić information content (AvgIpc) is 2.52. The summed E-state index contributed by atoms with van der Waals surface area (Å²) in [4.78, 5) is 24.1. The van der Waals surface area contributed by atoms with Gasteiger partial charge in [0.2, 0.25) is 0 Å². The van der Waals surface area contributed by atoms with Gasteiger partial charge in [0.05, 0.1) is 0 Å². The maximum absolute atomic E-state index is 12.1. The third-order valence-corrected chi connectivity index (χ3v) is 4.09. The van der Waals surface area contributed by atoms with Gasteiger partial charge in [-0.1, -0.05) is 76.2 Å². The van der Waals surface area contributed by atoms with E-state index in [0.29, 0.717) is 17.6 Å². The molecule has 2 heteroatoms. The first-order valence-corrected chi connectivity index (χ1v) is 8.89. The number of carbonyl (C=O) groups excluding carboxylic acids is 2. The van der Waals surface area contributed by atoms with Gasteiger partial charge in [0.1, 0.15) is 0 Å². The van der Waals surface area contributed by atoms with Gasteiger partial charge >= 0.3 is 0 Å². The summed E-state index contributed by atoms with van der Waals surface area (Å²) in [6, 6.07) is 0. The van der Waals surface area contributed by atoms with Gasteiger partial charge < -0.3 is 0 Å². The minimum atomic E-state index is -0.0725. The minimum absolute atomic E-state index is 0.0195. The summed E-state index contributed by atoms with van der Waals surface area (Å²) in [5.74, 6) is -0.0921. The monoisotopic (exact) mass is 314 g/mol. The Morgan fingerprint density at radius 1 is 0.957 bits per heavy atom. The Hall–Kier alpha value is -1.70. The molecule has 0 radical (unpaired) electrons. The summed E-state index contributed by atoms with van der Waals surface area (Å²) in [6.45, 7) is 7.90. The van der Waals surface area contributed by atoms with Gasteiger partial charge in [-0.3, -0.25) is 9.59 Å². The Morgan fingerprint density at radius 3 is 2.13 bits per heavy atom. The Labute approximate surface area is 141 Å². The molecule has 2 nitrogen and oxygen atoms in total. The number of carbonyl (C=O) groups is 2. The number of rotatable bonds is 11. The molecule has 0 amide bonds. The van der Waals surface area contributed by atoms with E-state index in [9.17, 15) is 9.59 Å². The van der Waals surface area contributed by atoms with Crippen molar-refractivity contribution in [2.24, 2.45) is 0 Å². The Kier molecular flexibility index (Phi) is 9.20. The molecule has 0 bridgehead atoms. The molecule has 126 valence electrons. The zero-order valence-corrected chi connectivity index (χ0v) is 14.7. The topological polar surface area (TPSA) is 34.1 Å². The molecule has 0 atom stereocenters. The van der Waals surface area contributed by atoms with Crippen molar-refractivity contribution in [1.29, 1.82) is 0 Å². The number of allylic oxidation sites excluding steroid dienone is 7. The van der Waals surface area contributed by atoms with Crippen LogP contribution in [0.2, 0.25) is 0 Å². The van der Waals surface area contributed by atoms with Crippen LogP contribution < -0.4 is 0 Å². The Bertz CT molecular complexity index is 518. The van der Waals surface area contributed by atoms with E-state index < -0.39 is 0 Å². The second-order valence-electron chi connectivity index (χ2n) is 6.36. The van der Waals surface area contributed by atoms with Gasteiger partial charge in [-0.2, -0.15) is 0 Å². The molecule has 0 unspecified atom stereocenters. The lowest BCUT2D eigenvalue weighted by atomic mass is 9.90. The number of hydrogen-bond donors (Lipinski definition) is 0. The van der Waals surface area contributed by atoms with Crippen molar-refractivity contribution in [1.82, 2.24) is 0 Å². The van der Waals surface area contributed by atoms with Crippen molar-refractivity contribution in [2.45, 2.75) is 71.6 Å². The quantitative estimate of drug-likeness (QED) is 0.280. The standard InChI is InChI=1S/C21H30O2/c1-4-5-6-7-8-9-10-11-12-18-19(14-13-17(2)3)21(23)16-15-20(18)22/h13-16H,2,4-12H2,1,3H3. The molecule has 0 saturated heterocycles. The summed E-state index contributed by atoms with van der Waals surface area (Å²) in [7, 11) is 0. The highest BCUT2D eigenvalue weighted by atomic mass is 16.1. The Balaban J connectivity index is 2.49. The van der Waals surface area contributed by atoms with Crippen LogP contribution in [0.3, 0.4) is 0 Å². The van der Waals surface area contributed by atoms with Gasteiger partial charge in [-0.25, -0.2) is 0 Å². The van der Waals surface area contributed by atoms with Crippen LogP contribution in [0, 0.1) is 0 Å². The van der Waals surface area contributed by atoms with Crippen LogP contribution in [0.4, 0.5) is 0 Å². The van der Waals surface area contributed by atoms with Crippen LogP contribution >= 0.6 is 0 Å². The number of ketones is 2. The minimum Gasteiger partial charge on any atom is -0.290 e. The largest absolute Gasteiger partial charge is 0.290 e. The van der Waals surface area contributed by atoms with E-state index in [4.69, 9.17) is 0 Å². The van der Waals surface area contributed by atoms with Crippen LogP contribution in [0.1, 0.15) is 71.6 Å². The second-order valence-corrected chi connectivity index (χ2v) is 6.36. The Morgan fingerprint density at radius 2 is 1.52 bits per heavy atom. The van der Waals surface area contributed by atoms with E-state index >= 15 is 0 Å². The van der Waals surface area contributed by atoms with Crippen LogP contribution in [0.15, 0.2) is 47.6 Å². The van der Waals surface area contributed by atoms with Crippen molar-refractivity contribution in [3.8, 4) is 0 Å². The fourth-order valence-electron chi connectivity index (χ4n) is 2.73. The van der Waals surface area contributed by atoms with Crippen molar-refractivity contribution >= 4 is 11.6 Å². The lowest BCUT2D eigenvalue weighted by Gasteiger charge is -2.12. The van der Waals surface area contributed by atoms with Gasteiger partial charge in [0.15, 0.2) is 11.6 Å². The highest BCUT2D eigenvalue weighted by Gasteiger charge is 2.20. The summed E-state index contributed by atoms with van der Waals surface area (Å²) >= 11 is 0. The van der Waals surface area contributed by atoms with Crippen molar-refractivity contribution < 1.29 is 9.59 Å². The van der Waals surface area contributed by atoms with Crippen LogP contribution in [-0.4, -0.2) is 11.6 Å². The first kappa shape index (κ1) is 19.3. The van der Waals surface area contributed by atoms with E-state index in [0.717, 1.165) is 18.4 Å². The molecule has 0 aromatic rings. The highest BCUT2D eigenvalue weighted by Crippen LogP contribution is 2.22. The van der Waals surface area contributed by atoms with E-state index in [1.165, 1.54) is 50.7 Å². The van der Waals surface area contributed by atoms with E-state index in [-0.39, 0.29) is 11.6 Å². The third-order valence-electron chi connectivity index (χ3n) is 4.09. The van der Waals surface area contributed by atoms with Crippen molar-refractivity contribution in [2.75, 3.05) is 0 Å². The molecule has 0 aromatic heterocycles. The summed E-state index contributed by atoms with van der Waals surface area (Å²) in [5, 5.41) is 0. The zero-order chi connectivity index (χ0) is 17.1. The summed E-state index contributed by atoms with van der Waals surface area (Å²) in [6.07, 6.45) is 16.8.